The third-order valence-corrected chi connectivity index (χ3v) is 5.67. The molecule has 198 valence electrons. The van der Waals surface area contributed by atoms with E-state index in [1.165, 1.54) is 0 Å². The Bertz CT molecular complexity index is 988. The lowest BCUT2D eigenvalue weighted by Gasteiger charge is -2.32. The van der Waals surface area contributed by atoms with E-state index in [0.29, 0.717) is 11.4 Å². The number of benzene rings is 2. The monoisotopic (exact) mass is 519 g/mol. The number of carbonyl (C=O) groups is 2. The molecule has 2 unspecified atom stereocenters. The summed E-state index contributed by atoms with van der Waals surface area (Å²) in [6, 6.07) is 15.2. The van der Waals surface area contributed by atoms with Gasteiger partial charge in [-0.15, -0.1) is 0 Å². The third kappa shape index (κ3) is 9.80. The Hall–Kier alpha value is -2.61. The number of aliphatic hydroxyl groups excluding tert-OH is 1. The van der Waals surface area contributed by atoms with E-state index in [9.17, 15) is 9.59 Å². The number of nitrogens with one attached hydrogen (secondary N) is 1. The van der Waals surface area contributed by atoms with Gasteiger partial charge in [-0.1, -0.05) is 48.0 Å². The molecule has 7 nitrogen and oxygen atoms in total. The molecular formula is C28H38ClNO6. The van der Waals surface area contributed by atoms with E-state index in [-0.39, 0.29) is 32.8 Å². The zero-order valence-electron chi connectivity index (χ0n) is 21.8. The van der Waals surface area contributed by atoms with Gasteiger partial charge in [-0.2, -0.15) is 0 Å². The molecule has 2 aromatic rings. The summed E-state index contributed by atoms with van der Waals surface area (Å²) in [5.74, 6) is -0.421. The number of amides is 1. The maximum atomic E-state index is 12.9. The molecule has 0 bridgehead atoms. The molecule has 8 heteroatoms. The molecule has 2 aromatic carbocycles. The van der Waals surface area contributed by atoms with Crippen LogP contribution in [0.5, 0.6) is 0 Å². The molecule has 0 radical (unpaired) electrons. The van der Waals surface area contributed by atoms with Crippen molar-refractivity contribution in [2.75, 3.05) is 26.4 Å². The van der Waals surface area contributed by atoms with Crippen molar-refractivity contribution in [3.63, 3.8) is 0 Å². The van der Waals surface area contributed by atoms with E-state index < -0.39 is 29.1 Å². The summed E-state index contributed by atoms with van der Waals surface area (Å²) in [4.78, 5) is 25.5. The highest BCUT2D eigenvalue weighted by Gasteiger charge is 2.38. The summed E-state index contributed by atoms with van der Waals surface area (Å²) in [6.07, 6.45) is 0.155. The van der Waals surface area contributed by atoms with Crippen LogP contribution in [0.1, 0.15) is 46.6 Å². The molecule has 2 atom stereocenters. The molecular weight excluding hydrogens is 482 g/mol. The van der Waals surface area contributed by atoms with Gasteiger partial charge in [0.2, 0.25) is 0 Å². The summed E-state index contributed by atoms with van der Waals surface area (Å²) >= 11 is 6.13. The van der Waals surface area contributed by atoms with Gasteiger partial charge < -0.3 is 24.6 Å². The second kappa shape index (κ2) is 13.6. The van der Waals surface area contributed by atoms with Crippen LogP contribution in [0, 0.1) is 5.41 Å². The van der Waals surface area contributed by atoms with Gasteiger partial charge in [0.25, 0.3) is 0 Å². The van der Waals surface area contributed by atoms with E-state index in [1.807, 2.05) is 48.5 Å². The number of esters is 1. The maximum absolute atomic E-state index is 12.9. The number of hydrogen-bond donors (Lipinski definition) is 2. The Balaban J connectivity index is 2.27. The van der Waals surface area contributed by atoms with Crippen molar-refractivity contribution in [1.82, 2.24) is 5.32 Å². The number of alkyl carbamates (subject to hydrolysis) is 1. The molecule has 0 saturated heterocycles. The molecule has 1 amide bonds. The molecule has 0 aliphatic heterocycles. The van der Waals surface area contributed by atoms with E-state index in [0.717, 1.165) is 16.7 Å². The average Bonchev–Trinajstić information content (AvgIpc) is 2.78. The minimum absolute atomic E-state index is 0.0482. The van der Waals surface area contributed by atoms with Crippen LogP contribution in [-0.4, -0.2) is 55.2 Å². The highest BCUT2D eigenvalue weighted by Crippen LogP contribution is 2.29. The normalized spacial score (nSPS) is 14.0. The molecule has 0 aliphatic rings. The van der Waals surface area contributed by atoms with Crippen LogP contribution in [0.2, 0.25) is 5.02 Å². The van der Waals surface area contributed by atoms with Gasteiger partial charge in [0.15, 0.2) is 0 Å². The first-order valence-corrected chi connectivity index (χ1v) is 12.5. The predicted molar refractivity (Wildman–Crippen MR) is 141 cm³/mol. The number of aliphatic hydroxyl groups is 1. The van der Waals surface area contributed by atoms with Gasteiger partial charge in [0.05, 0.1) is 31.8 Å². The van der Waals surface area contributed by atoms with Crippen molar-refractivity contribution in [3.8, 4) is 11.1 Å². The molecule has 0 aliphatic carbocycles. The third-order valence-electron chi connectivity index (χ3n) is 5.44. The van der Waals surface area contributed by atoms with Crippen LogP contribution in [0.25, 0.3) is 11.1 Å². The van der Waals surface area contributed by atoms with Gasteiger partial charge in [-0.3, -0.25) is 4.79 Å². The summed E-state index contributed by atoms with van der Waals surface area (Å²) in [6.45, 7) is 9.09. The van der Waals surface area contributed by atoms with Crippen LogP contribution >= 0.6 is 11.6 Å². The standard InChI is InChI=1S/C28H38ClNO6/c1-6-35-25(32)28(5,19-34-15-14-31)18-24(30-26(33)36-27(2,3)4)16-20-10-12-21(13-11-20)22-8-7-9-23(29)17-22/h7-13,17,24,31H,6,14-16,18-19H2,1-5H3,(H,30,33). The fraction of sp³-hybridized carbons (Fsp3) is 0.500. The Morgan fingerprint density at radius 2 is 1.75 bits per heavy atom. The van der Waals surface area contributed by atoms with E-state index in [1.54, 1.807) is 34.6 Å². The fourth-order valence-electron chi connectivity index (χ4n) is 3.85. The lowest BCUT2D eigenvalue weighted by molar-refractivity contribution is -0.159. The zero-order valence-corrected chi connectivity index (χ0v) is 22.6. The zero-order chi connectivity index (χ0) is 26.8. The van der Waals surface area contributed by atoms with E-state index in [2.05, 4.69) is 5.32 Å². The quantitative estimate of drug-likeness (QED) is 0.287. The molecule has 2 N–H and O–H groups in total. The highest BCUT2D eigenvalue weighted by atomic mass is 35.5. The van der Waals surface area contributed by atoms with Gasteiger partial charge >= 0.3 is 12.1 Å². The van der Waals surface area contributed by atoms with Crippen LogP contribution in [0.15, 0.2) is 48.5 Å². The maximum Gasteiger partial charge on any atom is 0.407 e. The van der Waals surface area contributed by atoms with Crippen molar-refractivity contribution < 1.29 is 28.9 Å². The van der Waals surface area contributed by atoms with Crippen molar-refractivity contribution in [2.24, 2.45) is 5.41 Å². The van der Waals surface area contributed by atoms with Gasteiger partial charge in [0, 0.05) is 11.1 Å². The molecule has 36 heavy (non-hydrogen) atoms. The lowest BCUT2D eigenvalue weighted by Crippen LogP contribution is -2.46. The van der Waals surface area contributed by atoms with Gasteiger partial charge in [0.1, 0.15) is 5.60 Å². The van der Waals surface area contributed by atoms with Gasteiger partial charge in [-0.25, -0.2) is 4.79 Å². The Morgan fingerprint density at radius 1 is 1.06 bits per heavy atom. The molecule has 2 rings (SSSR count). The van der Waals surface area contributed by atoms with Crippen LogP contribution in [-0.2, 0) is 25.4 Å². The Morgan fingerprint density at radius 3 is 2.33 bits per heavy atom. The molecule has 0 saturated carbocycles. The van der Waals surface area contributed by atoms with Crippen molar-refractivity contribution in [3.05, 3.63) is 59.1 Å². The van der Waals surface area contributed by atoms with Crippen molar-refractivity contribution >= 4 is 23.7 Å². The first kappa shape index (κ1) is 29.6. The first-order valence-electron chi connectivity index (χ1n) is 12.2. The minimum atomic E-state index is -1.04. The summed E-state index contributed by atoms with van der Waals surface area (Å²) < 4.78 is 16.3. The molecule has 0 aromatic heterocycles. The molecule has 0 heterocycles. The van der Waals surface area contributed by atoms with Crippen molar-refractivity contribution in [1.29, 1.82) is 0 Å². The summed E-state index contributed by atoms with van der Waals surface area (Å²) in [5, 5.41) is 12.7. The largest absolute Gasteiger partial charge is 0.466 e. The van der Waals surface area contributed by atoms with Crippen LogP contribution in [0.3, 0.4) is 0 Å². The SMILES string of the molecule is CCOC(=O)C(C)(COCCO)CC(Cc1ccc(-c2cccc(Cl)c2)cc1)NC(=O)OC(C)(C)C. The predicted octanol–water partition coefficient (Wildman–Crippen LogP) is 5.41. The fourth-order valence-corrected chi connectivity index (χ4v) is 4.04. The topological polar surface area (TPSA) is 94.1 Å². The smallest absolute Gasteiger partial charge is 0.407 e. The highest BCUT2D eigenvalue weighted by molar-refractivity contribution is 6.30. The summed E-state index contributed by atoms with van der Waals surface area (Å²) in [5.41, 5.74) is 1.30. The first-order chi connectivity index (χ1) is 17.0. The van der Waals surface area contributed by atoms with Crippen LogP contribution < -0.4 is 5.32 Å². The second-order valence-corrected chi connectivity index (χ2v) is 10.5. The number of halogens is 1. The molecule has 0 spiro atoms. The van der Waals surface area contributed by atoms with Gasteiger partial charge in [-0.05, 0) is 76.3 Å². The van der Waals surface area contributed by atoms with Crippen molar-refractivity contribution in [2.45, 2.75) is 59.1 Å². The molecule has 0 fully saturated rings. The second-order valence-electron chi connectivity index (χ2n) is 10.0. The average molecular weight is 520 g/mol. The van der Waals surface area contributed by atoms with E-state index >= 15 is 0 Å². The Kier molecular flexibility index (Phi) is 11.2. The minimum Gasteiger partial charge on any atom is -0.466 e. The lowest BCUT2D eigenvalue weighted by atomic mass is 9.82. The van der Waals surface area contributed by atoms with E-state index in [4.69, 9.17) is 30.9 Å². The number of hydrogen-bond acceptors (Lipinski definition) is 6. The summed E-state index contributed by atoms with van der Waals surface area (Å²) in [7, 11) is 0. The number of ether oxygens (including phenoxy) is 3. The van der Waals surface area contributed by atoms with Crippen LogP contribution in [0.4, 0.5) is 4.79 Å². The number of rotatable bonds is 12. The number of carbonyl (C=O) groups excluding carboxylic acids is 2. The Labute approximate surface area is 219 Å².